The fourth-order valence-electron chi connectivity index (χ4n) is 2.93. The first-order valence-corrected chi connectivity index (χ1v) is 7.52. The van der Waals surface area contributed by atoms with Crippen molar-refractivity contribution in [2.24, 2.45) is 5.92 Å². The fraction of sp³-hybridized carbons (Fsp3) is 0.529. The molecule has 20 heavy (non-hydrogen) atoms. The van der Waals surface area contributed by atoms with E-state index in [4.69, 9.17) is 9.15 Å². The van der Waals surface area contributed by atoms with Crippen molar-refractivity contribution in [1.82, 2.24) is 5.32 Å². The molecule has 0 spiro atoms. The zero-order chi connectivity index (χ0) is 14.1. The Labute approximate surface area is 120 Å². The molecule has 2 unspecified atom stereocenters. The van der Waals surface area contributed by atoms with Gasteiger partial charge in [0.15, 0.2) is 0 Å². The summed E-state index contributed by atoms with van der Waals surface area (Å²) < 4.78 is 12.0. The molecule has 0 amide bonds. The second-order valence-corrected chi connectivity index (χ2v) is 5.71. The Bertz CT molecular complexity index is 586. The molecule has 3 nitrogen and oxygen atoms in total. The van der Waals surface area contributed by atoms with E-state index in [1.165, 1.54) is 23.8 Å². The van der Waals surface area contributed by atoms with Crippen LogP contribution in [-0.2, 0) is 4.74 Å². The first-order chi connectivity index (χ1) is 9.72. The van der Waals surface area contributed by atoms with Gasteiger partial charge in [0.1, 0.15) is 11.3 Å². The molecule has 1 aromatic heterocycles. The smallest absolute Gasteiger partial charge is 0.134 e. The Balaban J connectivity index is 1.93. The summed E-state index contributed by atoms with van der Waals surface area (Å²) in [5.74, 6) is 1.65. The van der Waals surface area contributed by atoms with Gasteiger partial charge in [-0.3, -0.25) is 0 Å². The van der Waals surface area contributed by atoms with Crippen molar-refractivity contribution in [3.05, 3.63) is 35.6 Å². The van der Waals surface area contributed by atoms with Crippen LogP contribution in [0.25, 0.3) is 11.0 Å². The van der Waals surface area contributed by atoms with Crippen LogP contribution in [0.5, 0.6) is 0 Å². The summed E-state index contributed by atoms with van der Waals surface area (Å²) in [6, 6.07) is 8.59. The van der Waals surface area contributed by atoms with Gasteiger partial charge in [0.2, 0.25) is 0 Å². The van der Waals surface area contributed by atoms with E-state index in [1.54, 1.807) is 0 Å². The number of rotatable bonds is 6. The number of benzene rings is 1. The molecule has 1 fully saturated rings. The highest BCUT2D eigenvalue weighted by molar-refractivity contribution is 5.78. The maximum Gasteiger partial charge on any atom is 0.134 e. The fourth-order valence-corrected chi connectivity index (χ4v) is 2.93. The van der Waals surface area contributed by atoms with Crippen molar-refractivity contribution >= 4 is 11.0 Å². The second kappa shape index (κ2) is 5.58. The highest BCUT2D eigenvalue weighted by atomic mass is 16.5. The van der Waals surface area contributed by atoms with Gasteiger partial charge in [0, 0.05) is 12.0 Å². The first kappa shape index (κ1) is 13.7. The van der Waals surface area contributed by atoms with E-state index in [1.807, 2.05) is 13.1 Å². The summed E-state index contributed by atoms with van der Waals surface area (Å²) in [5, 5.41) is 4.55. The van der Waals surface area contributed by atoms with Crippen molar-refractivity contribution in [3.63, 3.8) is 0 Å². The van der Waals surface area contributed by atoms with Crippen LogP contribution in [0, 0.1) is 12.8 Å². The maximum atomic E-state index is 6.04. The molecule has 3 heteroatoms. The van der Waals surface area contributed by atoms with Crippen LogP contribution in [0.2, 0.25) is 0 Å². The lowest BCUT2D eigenvalue weighted by Gasteiger charge is -2.25. The Morgan fingerprint density at radius 3 is 2.80 bits per heavy atom. The normalized spacial score (nSPS) is 18.4. The number of aryl methyl sites for hydroxylation is 1. The highest BCUT2D eigenvalue weighted by Gasteiger charge is 2.38. The molecule has 2 aromatic rings. The van der Waals surface area contributed by atoms with Gasteiger partial charge in [-0.25, -0.2) is 0 Å². The minimum absolute atomic E-state index is 0.134. The molecular formula is C17H23NO2. The summed E-state index contributed by atoms with van der Waals surface area (Å²) in [7, 11) is 1.98. The van der Waals surface area contributed by atoms with Crippen LogP contribution >= 0.6 is 0 Å². The molecule has 1 heterocycles. The molecule has 1 aromatic carbocycles. The number of likely N-dealkylation sites (N-methyl/N-ethyl adjacent to an activating group) is 1. The standard InChI is InChI=1S/C17H23NO2/c1-4-19-17(12-6-7-12)16(18-3)15-10-13-9-11(2)5-8-14(13)20-15/h5,8-10,12,16-18H,4,6-7H2,1-3H3. The lowest BCUT2D eigenvalue weighted by Crippen LogP contribution is -2.33. The number of nitrogens with one attached hydrogen (secondary N) is 1. The van der Waals surface area contributed by atoms with Gasteiger partial charge in [-0.2, -0.15) is 0 Å². The lowest BCUT2D eigenvalue weighted by atomic mass is 10.0. The topological polar surface area (TPSA) is 34.4 Å². The molecule has 0 radical (unpaired) electrons. The zero-order valence-corrected chi connectivity index (χ0v) is 12.5. The molecule has 0 aliphatic heterocycles. The monoisotopic (exact) mass is 273 g/mol. The molecule has 0 saturated heterocycles. The molecule has 3 rings (SSSR count). The molecule has 108 valence electrons. The van der Waals surface area contributed by atoms with Crippen molar-refractivity contribution in [2.45, 2.75) is 38.8 Å². The maximum absolute atomic E-state index is 6.04. The van der Waals surface area contributed by atoms with E-state index < -0.39 is 0 Å². The number of furan rings is 1. The lowest BCUT2D eigenvalue weighted by molar-refractivity contribution is 0.0156. The van der Waals surface area contributed by atoms with Gasteiger partial charge in [-0.1, -0.05) is 11.6 Å². The quantitative estimate of drug-likeness (QED) is 0.869. The van der Waals surface area contributed by atoms with Crippen LogP contribution < -0.4 is 5.32 Å². The molecule has 1 aliphatic carbocycles. The molecule has 2 atom stereocenters. The summed E-state index contributed by atoms with van der Waals surface area (Å²) in [6.45, 7) is 4.91. The van der Waals surface area contributed by atoms with E-state index in [0.717, 1.165) is 18.0 Å². The van der Waals surface area contributed by atoms with Gasteiger partial charge >= 0.3 is 0 Å². The third-order valence-electron chi connectivity index (χ3n) is 4.08. The van der Waals surface area contributed by atoms with Crippen LogP contribution in [0.3, 0.4) is 0 Å². The minimum atomic E-state index is 0.134. The van der Waals surface area contributed by atoms with Crippen molar-refractivity contribution < 1.29 is 9.15 Å². The Morgan fingerprint density at radius 2 is 2.15 bits per heavy atom. The molecular weight excluding hydrogens is 250 g/mol. The highest BCUT2D eigenvalue weighted by Crippen LogP contribution is 2.40. The third kappa shape index (κ3) is 2.60. The molecule has 1 saturated carbocycles. The van der Waals surface area contributed by atoms with Crippen LogP contribution in [-0.4, -0.2) is 19.8 Å². The average molecular weight is 273 g/mol. The third-order valence-corrected chi connectivity index (χ3v) is 4.08. The molecule has 1 N–H and O–H groups in total. The van der Waals surface area contributed by atoms with E-state index in [9.17, 15) is 0 Å². The summed E-state index contributed by atoms with van der Waals surface area (Å²) in [6.07, 6.45) is 2.75. The van der Waals surface area contributed by atoms with E-state index in [0.29, 0.717) is 5.92 Å². The van der Waals surface area contributed by atoms with Crippen molar-refractivity contribution in [1.29, 1.82) is 0 Å². The van der Waals surface area contributed by atoms with E-state index in [-0.39, 0.29) is 12.1 Å². The Hall–Kier alpha value is -1.32. The first-order valence-electron chi connectivity index (χ1n) is 7.52. The van der Waals surface area contributed by atoms with Crippen LogP contribution in [0.15, 0.2) is 28.7 Å². The van der Waals surface area contributed by atoms with Gasteiger partial charge in [-0.05, 0) is 57.9 Å². The average Bonchev–Trinajstić information content (AvgIpc) is 3.19. The molecule has 0 bridgehead atoms. The van der Waals surface area contributed by atoms with Crippen molar-refractivity contribution in [3.8, 4) is 0 Å². The summed E-state index contributed by atoms with van der Waals surface area (Å²) >= 11 is 0. The Kier molecular flexibility index (Phi) is 3.81. The van der Waals surface area contributed by atoms with E-state index >= 15 is 0 Å². The summed E-state index contributed by atoms with van der Waals surface area (Å²) in [5.41, 5.74) is 2.21. The minimum Gasteiger partial charge on any atom is -0.459 e. The van der Waals surface area contributed by atoms with E-state index in [2.05, 4.69) is 37.4 Å². The van der Waals surface area contributed by atoms with Crippen LogP contribution in [0.1, 0.15) is 37.1 Å². The summed E-state index contributed by atoms with van der Waals surface area (Å²) in [4.78, 5) is 0. The molecule has 1 aliphatic rings. The number of fused-ring (bicyclic) bond motifs is 1. The predicted molar refractivity (Wildman–Crippen MR) is 80.9 cm³/mol. The van der Waals surface area contributed by atoms with Gasteiger partial charge in [0.25, 0.3) is 0 Å². The number of hydrogen-bond donors (Lipinski definition) is 1. The SMILES string of the molecule is CCOC(C1CC1)C(NC)c1cc2cc(C)ccc2o1. The van der Waals surface area contributed by atoms with Gasteiger partial charge < -0.3 is 14.5 Å². The zero-order valence-electron chi connectivity index (χ0n) is 12.5. The van der Waals surface area contributed by atoms with Crippen molar-refractivity contribution in [2.75, 3.05) is 13.7 Å². The number of hydrogen-bond acceptors (Lipinski definition) is 3. The van der Waals surface area contributed by atoms with Gasteiger partial charge in [0.05, 0.1) is 12.1 Å². The van der Waals surface area contributed by atoms with Gasteiger partial charge in [-0.15, -0.1) is 0 Å². The largest absolute Gasteiger partial charge is 0.459 e. The number of ether oxygens (including phenoxy) is 1. The Morgan fingerprint density at radius 1 is 1.35 bits per heavy atom. The predicted octanol–water partition coefficient (Wildman–Crippen LogP) is 3.82. The van der Waals surface area contributed by atoms with Crippen LogP contribution in [0.4, 0.5) is 0 Å². The second-order valence-electron chi connectivity index (χ2n) is 5.71.